The summed E-state index contributed by atoms with van der Waals surface area (Å²) in [7, 11) is 2.22. The molecule has 0 saturated carbocycles. The normalized spacial score (nSPS) is 29.2. The van der Waals surface area contributed by atoms with Crippen LogP contribution in [0.1, 0.15) is 42.5 Å². The summed E-state index contributed by atoms with van der Waals surface area (Å²) in [6.07, 6.45) is 5.90. The van der Waals surface area contributed by atoms with Crippen LogP contribution in [0.5, 0.6) is 0 Å². The molecule has 0 aromatic heterocycles. The van der Waals surface area contributed by atoms with Gasteiger partial charge in [-0.1, -0.05) is 34.0 Å². The Morgan fingerprint density at radius 2 is 2.00 bits per heavy atom. The van der Waals surface area contributed by atoms with Crippen molar-refractivity contribution in [1.82, 2.24) is 10.2 Å². The minimum absolute atomic E-state index is 0.0612. The molecule has 5 heteroatoms. The van der Waals surface area contributed by atoms with Gasteiger partial charge in [-0.05, 0) is 50.9 Å². The predicted octanol–water partition coefficient (Wildman–Crippen LogP) is 3.85. The minimum atomic E-state index is -0.0612. The first-order valence-corrected chi connectivity index (χ1v) is 8.69. The highest BCUT2D eigenvalue weighted by Crippen LogP contribution is 2.33. The van der Waals surface area contributed by atoms with Crippen LogP contribution in [0.15, 0.2) is 22.7 Å². The fraction of sp³-hybridized carbons (Fsp3) is 0.562. The second kappa shape index (κ2) is 6.27. The van der Waals surface area contributed by atoms with E-state index in [4.69, 9.17) is 11.6 Å². The highest BCUT2D eigenvalue weighted by atomic mass is 79.9. The van der Waals surface area contributed by atoms with Crippen molar-refractivity contribution in [2.24, 2.45) is 0 Å². The van der Waals surface area contributed by atoms with Crippen molar-refractivity contribution in [3.63, 3.8) is 0 Å². The molecule has 21 heavy (non-hydrogen) atoms. The lowest BCUT2D eigenvalue weighted by molar-refractivity contribution is 0.0463. The lowest BCUT2D eigenvalue weighted by Gasteiger charge is -2.47. The van der Waals surface area contributed by atoms with Crippen molar-refractivity contribution in [3.05, 3.63) is 33.3 Å². The maximum atomic E-state index is 12.5. The Labute approximate surface area is 139 Å². The number of carbonyl (C=O) groups excluding carboxylic acids is 1. The zero-order valence-electron chi connectivity index (χ0n) is 12.1. The first-order chi connectivity index (χ1) is 10.0. The summed E-state index contributed by atoms with van der Waals surface area (Å²) in [5, 5.41) is 3.69. The molecule has 2 unspecified atom stereocenters. The van der Waals surface area contributed by atoms with Crippen LogP contribution in [0, 0.1) is 0 Å². The quantitative estimate of drug-likeness (QED) is 0.856. The molecule has 3 rings (SSSR count). The molecule has 2 bridgehead atoms. The molecule has 1 amide bonds. The average molecular weight is 372 g/mol. The van der Waals surface area contributed by atoms with Crippen molar-refractivity contribution >= 4 is 33.4 Å². The summed E-state index contributed by atoms with van der Waals surface area (Å²) in [5.41, 5.74) is 0.551. The third-order valence-electron chi connectivity index (χ3n) is 4.85. The van der Waals surface area contributed by atoms with Crippen molar-refractivity contribution in [2.45, 2.75) is 50.2 Å². The van der Waals surface area contributed by atoms with Crippen molar-refractivity contribution in [1.29, 1.82) is 0 Å². The summed E-state index contributed by atoms with van der Waals surface area (Å²) < 4.78 is 0.872. The third kappa shape index (κ3) is 3.27. The second-order valence-electron chi connectivity index (χ2n) is 6.17. The molecular weight excluding hydrogens is 352 g/mol. The van der Waals surface area contributed by atoms with Crippen LogP contribution < -0.4 is 5.32 Å². The zero-order valence-corrected chi connectivity index (χ0v) is 14.5. The zero-order chi connectivity index (χ0) is 15.0. The monoisotopic (exact) mass is 370 g/mol. The molecule has 0 aliphatic carbocycles. The Morgan fingerprint density at radius 1 is 1.33 bits per heavy atom. The molecule has 114 valence electrons. The minimum Gasteiger partial charge on any atom is -0.349 e. The molecule has 2 heterocycles. The molecule has 2 saturated heterocycles. The number of halogens is 2. The fourth-order valence-electron chi connectivity index (χ4n) is 3.67. The van der Waals surface area contributed by atoms with Crippen molar-refractivity contribution in [2.75, 3.05) is 7.05 Å². The van der Waals surface area contributed by atoms with Crippen LogP contribution in [-0.4, -0.2) is 36.0 Å². The Balaban J connectivity index is 1.69. The number of carbonyl (C=O) groups is 1. The number of benzene rings is 1. The number of fused-ring (bicyclic) bond motifs is 2. The summed E-state index contributed by atoms with van der Waals surface area (Å²) in [6, 6.07) is 6.87. The number of nitrogens with zero attached hydrogens (tertiary/aromatic N) is 1. The summed E-state index contributed by atoms with van der Waals surface area (Å²) >= 11 is 9.53. The second-order valence-corrected chi connectivity index (χ2v) is 7.49. The smallest absolute Gasteiger partial charge is 0.253 e. The number of hydrogen-bond acceptors (Lipinski definition) is 2. The molecule has 2 fully saturated rings. The molecule has 1 N–H and O–H groups in total. The SMILES string of the molecule is CN1C2CCCC1CC(NC(=O)c1cc(Br)ccc1Cl)C2. The van der Waals surface area contributed by atoms with Gasteiger partial charge in [-0.25, -0.2) is 0 Å². The van der Waals surface area contributed by atoms with E-state index in [1.165, 1.54) is 19.3 Å². The Morgan fingerprint density at radius 3 is 2.67 bits per heavy atom. The van der Waals surface area contributed by atoms with E-state index >= 15 is 0 Å². The van der Waals surface area contributed by atoms with Crippen LogP contribution in [-0.2, 0) is 0 Å². The van der Waals surface area contributed by atoms with Gasteiger partial charge in [0.25, 0.3) is 5.91 Å². The van der Waals surface area contributed by atoms with Crippen molar-refractivity contribution in [3.8, 4) is 0 Å². The molecule has 1 aromatic carbocycles. The Hall–Kier alpha value is -0.580. The lowest BCUT2D eigenvalue weighted by Crippen LogP contribution is -2.55. The van der Waals surface area contributed by atoms with Gasteiger partial charge in [-0.3, -0.25) is 4.79 Å². The van der Waals surface area contributed by atoms with Crippen molar-refractivity contribution < 1.29 is 4.79 Å². The average Bonchev–Trinajstić information content (AvgIpc) is 2.42. The van der Waals surface area contributed by atoms with E-state index in [0.29, 0.717) is 22.7 Å². The van der Waals surface area contributed by atoms with Crippen LogP contribution in [0.2, 0.25) is 5.02 Å². The van der Waals surface area contributed by atoms with Crippen LogP contribution in [0.25, 0.3) is 0 Å². The molecular formula is C16H20BrClN2O. The topological polar surface area (TPSA) is 32.3 Å². The molecule has 0 spiro atoms. The van der Waals surface area contributed by atoms with Crippen LogP contribution >= 0.6 is 27.5 Å². The van der Waals surface area contributed by atoms with E-state index in [-0.39, 0.29) is 11.9 Å². The summed E-state index contributed by atoms with van der Waals surface area (Å²) in [4.78, 5) is 15.0. The Bertz CT molecular complexity index is 537. The first kappa shape index (κ1) is 15.3. The van der Waals surface area contributed by atoms with Gasteiger partial charge in [0.05, 0.1) is 10.6 Å². The molecule has 2 aliphatic rings. The predicted molar refractivity (Wildman–Crippen MR) is 88.8 cm³/mol. The molecule has 2 atom stereocenters. The summed E-state index contributed by atoms with van der Waals surface area (Å²) in [5.74, 6) is -0.0612. The van der Waals surface area contributed by atoms with Gasteiger partial charge in [0.15, 0.2) is 0 Å². The van der Waals surface area contributed by atoms with Gasteiger partial charge >= 0.3 is 0 Å². The van der Waals surface area contributed by atoms with E-state index < -0.39 is 0 Å². The molecule has 3 nitrogen and oxygen atoms in total. The van der Waals surface area contributed by atoms with E-state index in [0.717, 1.165) is 17.3 Å². The largest absolute Gasteiger partial charge is 0.349 e. The maximum absolute atomic E-state index is 12.5. The first-order valence-electron chi connectivity index (χ1n) is 7.52. The van der Waals surface area contributed by atoms with E-state index in [9.17, 15) is 4.79 Å². The summed E-state index contributed by atoms with van der Waals surface area (Å²) in [6.45, 7) is 0. The lowest BCUT2D eigenvalue weighted by atomic mass is 9.82. The number of hydrogen-bond donors (Lipinski definition) is 1. The Kier molecular flexibility index (Phi) is 4.57. The van der Waals surface area contributed by atoms with Gasteiger partial charge in [0.1, 0.15) is 0 Å². The molecule has 0 radical (unpaired) electrons. The van der Waals surface area contributed by atoms with E-state index in [1.54, 1.807) is 12.1 Å². The van der Waals surface area contributed by atoms with Gasteiger partial charge in [-0.15, -0.1) is 0 Å². The van der Waals surface area contributed by atoms with Gasteiger partial charge < -0.3 is 10.2 Å². The van der Waals surface area contributed by atoms with E-state index in [2.05, 4.69) is 33.2 Å². The standard InChI is InChI=1S/C16H20BrClN2O/c1-20-12-3-2-4-13(20)9-11(8-12)19-16(21)14-7-10(17)5-6-15(14)18/h5-7,11-13H,2-4,8-9H2,1H3,(H,19,21). The number of nitrogens with one attached hydrogen (secondary N) is 1. The van der Waals surface area contributed by atoms with Gasteiger partial charge in [0.2, 0.25) is 0 Å². The highest BCUT2D eigenvalue weighted by molar-refractivity contribution is 9.10. The molecule has 1 aromatic rings. The number of piperidine rings is 2. The number of amides is 1. The highest BCUT2D eigenvalue weighted by Gasteiger charge is 2.36. The van der Waals surface area contributed by atoms with Crippen LogP contribution in [0.3, 0.4) is 0 Å². The van der Waals surface area contributed by atoms with E-state index in [1.807, 2.05) is 6.07 Å². The maximum Gasteiger partial charge on any atom is 0.253 e. The third-order valence-corrected chi connectivity index (χ3v) is 5.67. The fourth-order valence-corrected chi connectivity index (χ4v) is 4.23. The van der Waals surface area contributed by atoms with Crippen LogP contribution in [0.4, 0.5) is 0 Å². The van der Waals surface area contributed by atoms with Gasteiger partial charge in [-0.2, -0.15) is 0 Å². The van der Waals surface area contributed by atoms with Gasteiger partial charge in [0, 0.05) is 22.6 Å². The number of rotatable bonds is 2. The molecule has 2 aliphatic heterocycles.